The molecule has 3 amide bonds. The zero-order valence-electron chi connectivity index (χ0n) is 16.9. The Kier molecular flexibility index (Phi) is 5.26. The van der Waals surface area contributed by atoms with Gasteiger partial charge in [-0.1, -0.05) is 6.07 Å². The number of likely N-dealkylation sites (tertiary alicyclic amines) is 1. The smallest absolute Gasteiger partial charge is 0.319 e. The van der Waals surface area contributed by atoms with Crippen LogP contribution in [0, 0.1) is 6.92 Å². The maximum Gasteiger partial charge on any atom is 0.319 e. The minimum atomic E-state index is -1.10. The first kappa shape index (κ1) is 19.8. The summed E-state index contributed by atoms with van der Waals surface area (Å²) in [7, 11) is 3.43. The Hall–Kier alpha value is -2.52. The van der Waals surface area contributed by atoms with Crippen molar-refractivity contribution in [3.05, 3.63) is 46.2 Å². The number of amides is 3. The fourth-order valence-electron chi connectivity index (χ4n) is 4.17. The van der Waals surface area contributed by atoms with Crippen molar-refractivity contribution in [2.24, 2.45) is 0 Å². The van der Waals surface area contributed by atoms with Crippen molar-refractivity contribution in [3.63, 3.8) is 0 Å². The van der Waals surface area contributed by atoms with Gasteiger partial charge in [0.15, 0.2) is 5.60 Å². The van der Waals surface area contributed by atoms with E-state index in [9.17, 15) is 9.59 Å². The Balaban J connectivity index is 1.67. The van der Waals surface area contributed by atoms with Crippen LogP contribution >= 0.6 is 11.3 Å². The van der Waals surface area contributed by atoms with Gasteiger partial charge in [0.1, 0.15) is 0 Å². The second-order valence-electron chi connectivity index (χ2n) is 7.72. The summed E-state index contributed by atoms with van der Waals surface area (Å²) in [6.07, 6.45) is 3.46. The highest BCUT2D eigenvalue weighted by atomic mass is 32.1. The molecule has 0 aromatic carbocycles. The molecule has 2 aliphatic rings. The molecule has 2 fully saturated rings. The average Bonchev–Trinajstić information content (AvgIpc) is 3.30. The molecule has 4 rings (SSSR count). The Labute approximate surface area is 174 Å². The van der Waals surface area contributed by atoms with Crippen molar-refractivity contribution < 1.29 is 14.3 Å². The third kappa shape index (κ3) is 3.60. The number of aryl methyl sites for hydroxylation is 1. The number of carbonyl (C=O) groups is 2. The van der Waals surface area contributed by atoms with E-state index in [4.69, 9.17) is 4.74 Å². The number of carbonyl (C=O) groups excluding carboxylic acids is 2. The summed E-state index contributed by atoms with van der Waals surface area (Å²) < 4.78 is 6.19. The summed E-state index contributed by atoms with van der Waals surface area (Å²) in [4.78, 5) is 40.1. The van der Waals surface area contributed by atoms with Crippen LogP contribution in [0.25, 0.3) is 0 Å². The maximum absolute atomic E-state index is 13.7. The Morgan fingerprint density at radius 3 is 2.93 bits per heavy atom. The highest BCUT2D eigenvalue weighted by molar-refractivity contribution is 7.09. The predicted molar refractivity (Wildman–Crippen MR) is 109 cm³/mol. The lowest BCUT2D eigenvalue weighted by Crippen LogP contribution is -2.60. The molecule has 2 aromatic rings. The number of nitrogens with zero attached hydrogens (tertiary/aromatic N) is 5. The fraction of sp³-hybridized carbons (Fsp3) is 0.500. The van der Waals surface area contributed by atoms with Crippen LogP contribution < -0.4 is 0 Å². The third-order valence-electron chi connectivity index (χ3n) is 5.52. The van der Waals surface area contributed by atoms with Crippen LogP contribution in [0.15, 0.2) is 29.9 Å². The molecule has 2 saturated heterocycles. The Bertz CT molecular complexity index is 903. The molecule has 8 nitrogen and oxygen atoms in total. The SMILES string of the molecule is Cc1nc(CN2CCO[C@]3(CN(C(=O)N(C)C)C[C@H]3c3cccnc3)C2=O)cs1. The van der Waals surface area contributed by atoms with E-state index in [2.05, 4.69) is 9.97 Å². The summed E-state index contributed by atoms with van der Waals surface area (Å²) in [5.41, 5.74) is 0.689. The lowest BCUT2D eigenvalue weighted by atomic mass is 9.83. The lowest BCUT2D eigenvalue weighted by molar-refractivity contribution is -0.172. The number of ether oxygens (including phenoxy) is 1. The standard InChI is InChI=1S/C20H25N5O3S/c1-14-22-16(12-29-14)10-24-7-8-28-20(18(24)26)13-25(19(27)23(2)3)11-17(20)15-5-4-6-21-9-15/h4-6,9,12,17H,7-8,10-11,13H2,1-3H3/t17-,20-/m0/s1. The van der Waals surface area contributed by atoms with Crippen LogP contribution in [-0.4, -0.2) is 82.5 Å². The molecule has 0 unspecified atom stereocenters. The van der Waals surface area contributed by atoms with Crippen molar-refractivity contribution in [1.29, 1.82) is 0 Å². The van der Waals surface area contributed by atoms with Crippen molar-refractivity contribution in [2.75, 3.05) is 40.3 Å². The van der Waals surface area contributed by atoms with Gasteiger partial charge in [-0.15, -0.1) is 11.3 Å². The van der Waals surface area contributed by atoms with E-state index >= 15 is 0 Å². The summed E-state index contributed by atoms with van der Waals surface area (Å²) >= 11 is 1.58. The average molecular weight is 416 g/mol. The van der Waals surface area contributed by atoms with Crippen molar-refractivity contribution in [1.82, 2.24) is 24.7 Å². The van der Waals surface area contributed by atoms with Gasteiger partial charge in [-0.05, 0) is 18.6 Å². The number of urea groups is 1. The van der Waals surface area contributed by atoms with Crippen LogP contribution in [0.3, 0.4) is 0 Å². The van der Waals surface area contributed by atoms with Crippen LogP contribution in [-0.2, 0) is 16.1 Å². The van der Waals surface area contributed by atoms with E-state index in [0.717, 1.165) is 16.3 Å². The lowest BCUT2D eigenvalue weighted by Gasteiger charge is -2.42. The minimum Gasteiger partial charge on any atom is -0.361 e. The molecule has 154 valence electrons. The Morgan fingerprint density at radius 1 is 1.45 bits per heavy atom. The number of rotatable bonds is 3. The zero-order chi connectivity index (χ0) is 20.6. The summed E-state index contributed by atoms with van der Waals surface area (Å²) in [6, 6.07) is 3.67. The fourth-order valence-corrected chi connectivity index (χ4v) is 4.77. The van der Waals surface area contributed by atoms with E-state index in [0.29, 0.717) is 26.2 Å². The van der Waals surface area contributed by atoms with E-state index in [1.807, 2.05) is 29.3 Å². The molecular formula is C20H25N5O3S. The van der Waals surface area contributed by atoms with Gasteiger partial charge in [0.2, 0.25) is 0 Å². The summed E-state index contributed by atoms with van der Waals surface area (Å²) in [6.45, 7) is 3.99. The van der Waals surface area contributed by atoms with Crippen molar-refractivity contribution in [2.45, 2.75) is 25.0 Å². The second kappa shape index (κ2) is 7.72. The van der Waals surface area contributed by atoms with E-state index in [1.165, 1.54) is 4.90 Å². The number of pyridine rings is 1. The van der Waals surface area contributed by atoms with Crippen LogP contribution in [0.5, 0.6) is 0 Å². The van der Waals surface area contributed by atoms with Crippen LogP contribution in [0.1, 0.15) is 22.2 Å². The molecule has 29 heavy (non-hydrogen) atoms. The molecular weight excluding hydrogens is 390 g/mol. The molecule has 0 radical (unpaired) electrons. The maximum atomic E-state index is 13.7. The van der Waals surface area contributed by atoms with Crippen LogP contribution in [0.2, 0.25) is 0 Å². The zero-order valence-corrected chi connectivity index (χ0v) is 17.7. The normalized spacial score (nSPS) is 24.4. The van der Waals surface area contributed by atoms with E-state index in [1.54, 1.807) is 42.7 Å². The first-order valence-corrected chi connectivity index (χ1v) is 10.5. The number of hydrogen-bond donors (Lipinski definition) is 0. The molecule has 0 saturated carbocycles. The molecule has 0 bridgehead atoms. The summed E-state index contributed by atoms with van der Waals surface area (Å²) in [5.74, 6) is -0.357. The largest absolute Gasteiger partial charge is 0.361 e. The molecule has 0 aliphatic carbocycles. The number of thiazole rings is 1. The van der Waals surface area contributed by atoms with Crippen LogP contribution in [0.4, 0.5) is 4.79 Å². The first-order valence-electron chi connectivity index (χ1n) is 9.61. The minimum absolute atomic E-state index is 0.0858. The van der Waals surface area contributed by atoms with Gasteiger partial charge in [0.05, 0.1) is 30.4 Å². The van der Waals surface area contributed by atoms with Gasteiger partial charge in [-0.3, -0.25) is 9.78 Å². The van der Waals surface area contributed by atoms with E-state index in [-0.39, 0.29) is 24.4 Å². The predicted octanol–water partition coefficient (Wildman–Crippen LogP) is 1.73. The molecule has 2 atom stereocenters. The molecule has 2 aromatic heterocycles. The quantitative estimate of drug-likeness (QED) is 0.763. The van der Waals surface area contributed by atoms with Gasteiger partial charge in [0.25, 0.3) is 5.91 Å². The number of hydrogen-bond acceptors (Lipinski definition) is 6. The van der Waals surface area contributed by atoms with Gasteiger partial charge in [-0.2, -0.15) is 0 Å². The highest BCUT2D eigenvalue weighted by Gasteiger charge is 2.58. The Morgan fingerprint density at radius 2 is 2.28 bits per heavy atom. The molecule has 4 heterocycles. The molecule has 2 aliphatic heterocycles. The second-order valence-corrected chi connectivity index (χ2v) is 8.78. The monoisotopic (exact) mass is 415 g/mol. The van der Waals surface area contributed by atoms with Gasteiger partial charge >= 0.3 is 6.03 Å². The molecule has 1 spiro atoms. The number of aromatic nitrogens is 2. The third-order valence-corrected chi connectivity index (χ3v) is 6.34. The topological polar surface area (TPSA) is 78.9 Å². The number of morpholine rings is 1. The molecule has 9 heteroatoms. The summed E-state index contributed by atoms with van der Waals surface area (Å²) in [5, 5.41) is 2.96. The van der Waals surface area contributed by atoms with E-state index < -0.39 is 5.60 Å². The van der Waals surface area contributed by atoms with Crippen molar-refractivity contribution >= 4 is 23.3 Å². The van der Waals surface area contributed by atoms with Gasteiger partial charge in [-0.25, -0.2) is 9.78 Å². The van der Waals surface area contributed by atoms with Crippen molar-refractivity contribution in [3.8, 4) is 0 Å². The highest BCUT2D eigenvalue weighted by Crippen LogP contribution is 2.42. The first-order chi connectivity index (χ1) is 13.9. The molecule has 0 N–H and O–H groups in total. The van der Waals surface area contributed by atoms with Gasteiger partial charge < -0.3 is 19.4 Å². The van der Waals surface area contributed by atoms with Gasteiger partial charge in [0, 0.05) is 50.9 Å².